The first-order chi connectivity index (χ1) is 11.6. The summed E-state index contributed by atoms with van der Waals surface area (Å²) in [4.78, 5) is 29.0. The SMILES string of the molecule is Cc1nc2c(c(C)c1CCC(=O)NC(C)(CN)C(C)C)c(=O)[nH]n2C. The maximum absolute atomic E-state index is 12.4. The zero-order chi connectivity index (χ0) is 18.9. The van der Waals surface area contributed by atoms with Crippen molar-refractivity contribution in [2.75, 3.05) is 6.54 Å². The topological polar surface area (TPSA) is 106 Å². The second-order valence-corrected chi connectivity index (χ2v) is 7.32. The summed E-state index contributed by atoms with van der Waals surface area (Å²) in [5.41, 5.74) is 8.60. The Morgan fingerprint density at radius 1 is 1.40 bits per heavy atom. The van der Waals surface area contributed by atoms with Crippen LogP contribution in [0.1, 0.15) is 44.0 Å². The Hall–Kier alpha value is -2.15. The minimum atomic E-state index is -0.417. The summed E-state index contributed by atoms with van der Waals surface area (Å²) in [6.07, 6.45) is 0.876. The number of amides is 1. The summed E-state index contributed by atoms with van der Waals surface area (Å²) in [6, 6.07) is 0. The van der Waals surface area contributed by atoms with Crippen LogP contribution in [0.2, 0.25) is 0 Å². The predicted octanol–water partition coefficient (Wildman–Crippen LogP) is 1.30. The molecule has 7 nitrogen and oxygen atoms in total. The number of fused-ring (bicyclic) bond motifs is 1. The maximum Gasteiger partial charge on any atom is 0.273 e. The highest BCUT2D eigenvalue weighted by Gasteiger charge is 2.28. The van der Waals surface area contributed by atoms with Crippen molar-refractivity contribution in [1.29, 1.82) is 0 Å². The van der Waals surface area contributed by atoms with E-state index >= 15 is 0 Å². The number of pyridine rings is 1. The zero-order valence-electron chi connectivity index (χ0n) is 16.0. The van der Waals surface area contributed by atoms with Gasteiger partial charge in [-0.25, -0.2) is 4.98 Å². The van der Waals surface area contributed by atoms with Crippen LogP contribution in [0.3, 0.4) is 0 Å². The molecule has 2 rings (SSSR count). The molecule has 0 spiro atoms. The number of nitrogens with zero attached hydrogens (tertiary/aromatic N) is 2. The molecule has 138 valence electrons. The van der Waals surface area contributed by atoms with Crippen LogP contribution in [0.5, 0.6) is 0 Å². The molecule has 1 unspecified atom stereocenters. The third kappa shape index (κ3) is 3.61. The largest absolute Gasteiger partial charge is 0.349 e. The minimum Gasteiger partial charge on any atom is -0.349 e. The van der Waals surface area contributed by atoms with Crippen LogP contribution in [0.15, 0.2) is 4.79 Å². The molecule has 0 radical (unpaired) electrons. The summed E-state index contributed by atoms with van der Waals surface area (Å²) >= 11 is 0. The molecule has 0 saturated carbocycles. The van der Waals surface area contributed by atoms with E-state index in [9.17, 15) is 9.59 Å². The van der Waals surface area contributed by atoms with Gasteiger partial charge in [-0.15, -0.1) is 0 Å². The van der Waals surface area contributed by atoms with Crippen LogP contribution in [0.25, 0.3) is 11.0 Å². The first-order valence-corrected chi connectivity index (χ1v) is 8.66. The minimum absolute atomic E-state index is 0.0393. The second-order valence-electron chi connectivity index (χ2n) is 7.32. The summed E-state index contributed by atoms with van der Waals surface area (Å²) in [6.45, 7) is 10.3. The van der Waals surface area contributed by atoms with Crippen molar-refractivity contribution in [1.82, 2.24) is 20.1 Å². The molecule has 0 bridgehead atoms. The highest BCUT2D eigenvalue weighted by molar-refractivity contribution is 5.81. The fourth-order valence-electron chi connectivity index (χ4n) is 3.07. The second kappa shape index (κ2) is 7.00. The highest BCUT2D eigenvalue weighted by Crippen LogP contribution is 2.21. The lowest BCUT2D eigenvalue weighted by molar-refractivity contribution is -0.123. The van der Waals surface area contributed by atoms with Gasteiger partial charge < -0.3 is 11.1 Å². The van der Waals surface area contributed by atoms with E-state index in [1.807, 2.05) is 34.6 Å². The molecule has 1 amide bonds. The fraction of sp³-hybridized carbons (Fsp3) is 0.611. The van der Waals surface area contributed by atoms with Crippen LogP contribution in [-0.2, 0) is 18.3 Å². The monoisotopic (exact) mass is 347 g/mol. The van der Waals surface area contributed by atoms with Crippen molar-refractivity contribution in [2.24, 2.45) is 18.7 Å². The van der Waals surface area contributed by atoms with E-state index in [0.29, 0.717) is 30.4 Å². The Bertz CT molecular complexity index is 849. The summed E-state index contributed by atoms with van der Waals surface area (Å²) in [7, 11) is 1.77. The molecule has 0 saturated heterocycles. The van der Waals surface area contributed by atoms with Crippen LogP contribution < -0.4 is 16.6 Å². The van der Waals surface area contributed by atoms with Crippen molar-refractivity contribution < 1.29 is 4.79 Å². The van der Waals surface area contributed by atoms with Crippen LogP contribution in [-0.4, -0.2) is 32.8 Å². The number of carbonyl (C=O) groups excluding carboxylic acids is 1. The number of hydrogen-bond donors (Lipinski definition) is 3. The molecular formula is C18H29N5O2. The molecule has 0 aliphatic heterocycles. The van der Waals surface area contributed by atoms with Crippen LogP contribution in [0, 0.1) is 19.8 Å². The van der Waals surface area contributed by atoms with Gasteiger partial charge in [0.1, 0.15) is 0 Å². The van der Waals surface area contributed by atoms with Crippen LogP contribution >= 0.6 is 0 Å². The number of rotatable bonds is 6. The molecule has 0 aliphatic carbocycles. The summed E-state index contributed by atoms with van der Waals surface area (Å²) in [5, 5.41) is 6.38. The van der Waals surface area contributed by atoms with Gasteiger partial charge in [0.05, 0.1) is 10.9 Å². The molecule has 2 aromatic rings. The zero-order valence-corrected chi connectivity index (χ0v) is 16.0. The summed E-state index contributed by atoms with van der Waals surface area (Å²) < 4.78 is 1.63. The summed E-state index contributed by atoms with van der Waals surface area (Å²) in [5.74, 6) is 0.202. The Kier molecular flexibility index (Phi) is 5.37. The number of H-pyrrole nitrogens is 1. The lowest BCUT2D eigenvalue weighted by Gasteiger charge is -2.33. The molecule has 4 N–H and O–H groups in total. The predicted molar refractivity (Wildman–Crippen MR) is 99.6 cm³/mol. The number of aromatic amines is 1. The van der Waals surface area contributed by atoms with E-state index in [-0.39, 0.29) is 17.4 Å². The van der Waals surface area contributed by atoms with Crippen molar-refractivity contribution in [3.63, 3.8) is 0 Å². The van der Waals surface area contributed by atoms with Crippen molar-refractivity contribution in [2.45, 2.75) is 53.0 Å². The number of nitrogens with one attached hydrogen (secondary N) is 2. The van der Waals surface area contributed by atoms with Crippen molar-refractivity contribution in [3.8, 4) is 0 Å². The molecule has 2 heterocycles. The van der Waals surface area contributed by atoms with Gasteiger partial charge in [-0.05, 0) is 44.2 Å². The highest BCUT2D eigenvalue weighted by atomic mass is 16.1. The number of nitrogens with two attached hydrogens (primary N) is 1. The van der Waals surface area contributed by atoms with E-state index in [0.717, 1.165) is 16.8 Å². The van der Waals surface area contributed by atoms with Gasteiger partial charge >= 0.3 is 0 Å². The third-order valence-corrected chi connectivity index (χ3v) is 5.30. The molecule has 1 atom stereocenters. The van der Waals surface area contributed by atoms with E-state index in [2.05, 4.69) is 15.4 Å². The van der Waals surface area contributed by atoms with E-state index in [1.165, 1.54) is 0 Å². The maximum atomic E-state index is 12.4. The Morgan fingerprint density at radius 3 is 2.60 bits per heavy atom. The Balaban J connectivity index is 2.23. The fourth-order valence-corrected chi connectivity index (χ4v) is 3.07. The third-order valence-electron chi connectivity index (χ3n) is 5.30. The van der Waals surface area contributed by atoms with Crippen molar-refractivity contribution in [3.05, 3.63) is 27.2 Å². The van der Waals surface area contributed by atoms with Crippen LogP contribution in [0.4, 0.5) is 0 Å². The number of carbonyl (C=O) groups is 1. The van der Waals surface area contributed by atoms with Gasteiger partial charge in [-0.3, -0.25) is 19.4 Å². The smallest absolute Gasteiger partial charge is 0.273 e. The first kappa shape index (κ1) is 19.2. The molecule has 0 aliphatic rings. The van der Waals surface area contributed by atoms with Gasteiger partial charge in [-0.1, -0.05) is 13.8 Å². The lowest BCUT2D eigenvalue weighted by Crippen LogP contribution is -2.55. The number of aryl methyl sites for hydroxylation is 3. The van der Waals surface area contributed by atoms with Gasteiger partial charge in [0, 0.05) is 25.7 Å². The van der Waals surface area contributed by atoms with E-state index in [1.54, 1.807) is 11.7 Å². The molecular weight excluding hydrogens is 318 g/mol. The first-order valence-electron chi connectivity index (χ1n) is 8.66. The lowest BCUT2D eigenvalue weighted by atomic mass is 9.88. The molecule has 7 heteroatoms. The normalized spacial score (nSPS) is 14.1. The molecule has 0 fully saturated rings. The Morgan fingerprint density at radius 2 is 2.04 bits per heavy atom. The van der Waals surface area contributed by atoms with Gasteiger partial charge in [0.15, 0.2) is 5.65 Å². The van der Waals surface area contributed by atoms with Gasteiger partial charge in [0.25, 0.3) is 5.56 Å². The molecule has 25 heavy (non-hydrogen) atoms. The quantitative estimate of drug-likeness (QED) is 0.732. The van der Waals surface area contributed by atoms with Gasteiger partial charge in [0.2, 0.25) is 5.91 Å². The number of aromatic nitrogens is 3. The molecule has 2 aromatic heterocycles. The van der Waals surface area contributed by atoms with E-state index in [4.69, 9.17) is 5.73 Å². The van der Waals surface area contributed by atoms with Crippen molar-refractivity contribution >= 4 is 16.9 Å². The average molecular weight is 347 g/mol. The van der Waals surface area contributed by atoms with E-state index < -0.39 is 5.54 Å². The Labute approximate surface area is 148 Å². The average Bonchev–Trinajstić information content (AvgIpc) is 2.80. The number of hydrogen-bond acceptors (Lipinski definition) is 4. The van der Waals surface area contributed by atoms with Gasteiger partial charge in [-0.2, -0.15) is 0 Å². The molecule has 0 aromatic carbocycles. The standard InChI is InChI=1S/C18H29N5O2/c1-10(2)18(5,9-19)21-14(24)8-7-13-11(3)15-16(20-12(13)4)23(6)22-17(15)25/h10H,7-9,19H2,1-6H3,(H,21,24)(H,22,25).